The number of ether oxygens (including phenoxy) is 1. The Kier molecular flexibility index (Phi) is 3.83. The van der Waals surface area contributed by atoms with Crippen LogP contribution in [0, 0.1) is 23.2 Å². The highest BCUT2D eigenvalue weighted by Crippen LogP contribution is 2.61. The Balaban J connectivity index is 1.59. The predicted molar refractivity (Wildman–Crippen MR) is 79.3 cm³/mol. The van der Waals surface area contributed by atoms with Gasteiger partial charge < -0.3 is 10.1 Å². The Bertz CT molecular complexity index is 342. The summed E-state index contributed by atoms with van der Waals surface area (Å²) in [4.78, 5) is 12.0. The summed E-state index contributed by atoms with van der Waals surface area (Å²) in [6.45, 7) is 6.36. The van der Waals surface area contributed by atoms with E-state index in [-0.39, 0.29) is 18.6 Å². The second-order valence-corrected chi connectivity index (χ2v) is 7.93. The second kappa shape index (κ2) is 5.32. The van der Waals surface area contributed by atoms with E-state index < -0.39 is 0 Å². The molecule has 4 bridgehead atoms. The zero-order valence-electron chi connectivity index (χ0n) is 13.2. The molecule has 0 radical (unpaired) electrons. The smallest absolute Gasteiger partial charge is 0.246 e. The topological polar surface area (TPSA) is 38.3 Å². The first-order valence-corrected chi connectivity index (χ1v) is 8.38. The molecule has 0 heterocycles. The predicted octanol–water partition coefficient (Wildman–Crippen LogP) is 3.13. The number of carbonyl (C=O) groups is 1. The third-order valence-corrected chi connectivity index (χ3v) is 5.93. The van der Waals surface area contributed by atoms with Crippen LogP contribution >= 0.6 is 0 Å². The number of hydrogen-bond donors (Lipinski definition) is 1. The molecule has 0 aromatic rings. The largest absolute Gasteiger partial charge is 0.369 e. The van der Waals surface area contributed by atoms with Gasteiger partial charge in [-0.25, -0.2) is 0 Å². The third kappa shape index (κ3) is 2.74. The normalized spacial score (nSPS) is 40.1. The van der Waals surface area contributed by atoms with Crippen LogP contribution in [0.1, 0.15) is 59.3 Å². The van der Waals surface area contributed by atoms with E-state index in [4.69, 9.17) is 4.74 Å². The van der Waals surface area contributed by atoms with Crippen LogP contribution in [0.15, 0.2) is 0 Å². The van der Waals surface area contributed by atoms with Crippen LogP contribution in [0.5, 0.6) is 0 Å². The number of amides is 1. The lowest BCUT2D eigenvalue weighted by atomic mass is 9.48. The lowest BCUT2D eigenvalue weighted by Gasteiger charge is -2.59. The van der Waals surface area contributed by atoms with E-state index >= 15 is 0 Å². The molecule has 4 rings (SSSR count). The van der Waals surface area contributed by atoms with Crippen molar-refractivity contribution >= 4 is 5.91 Å². The molecule has 4 aliphatic rings. The second-order valence-electron chi connectivity index (χ2n) is 7.93. The number of rotatable bonds is 5. The molecule has 3 nitrogen and oxygen atoms in total. The molecule has 3 heteroatoms. The van der Waals surface area contributed by atoms with Crippen molar-refractivity contribution in [2.24, 2.45) is 23.2 Å². The van der Waals surface area contributed by atoms with Gasteiger partial charge in [-0.2, -0.15) is 0 Å². The van der Waals surface area contributed by atoms with Crippen molar-refractivity contribution in [2.45, 2.75) is 71.4 Å². The van der Waals surface area contributed by atoms with Crippen LogP contribution in [-0.2, 0) is 9.53 Å². The summed E-state index contributed by atoms with van der Waals surface area (Å²) in [5.41, 5.74) is 0.391. The van der Waals surface area contributed by atoms with Gasteiger partial charge in [-0.3, -0.25) is 4.79 Å². The summed E-state index contributed by atoms with van der Waals surface area (Å²) in [6.07, 6.45) is 8.50. The van der Waals surface area contributed by atoms with E-state index in [1.54, 1.807) is 0 Å². The van der Waals surface area contributed by atoms with Crippen LogP contribution in [0.25, 0.3) is 0 Å². The molecule has 4 fully saturated rings. The van der Waals surface area contributed by atoms with Crippen LogP contribution < -0.4 is 5.32 Å². The van der Waals surface area contributed by atoms with Crippen LogP contribution in [0.2, 0.25) is 0 Å². The molecule has 0 aromatic heterocycles. The number of carbonyl (C=O) groups excluding carboxylic acids is 1. The SMILES string of the molecule is CC(C)OCC(=O)NC(C)C12CC3CC(CC(C3)C1)C2. The monoisotopic (exact) mass is 279 g/mol. The zero-order chi connectivity index (χ0) is 14.3. The lowest BCUT2D eigenvalue weighted by Crippen LogP contribution is -2.56. The molecule has 114 valence electrons. The van der Waals surface area contributed by atoms with Crippen molar-refractivity contribution in [1.82, 2.24) is 5.32 Å². The van der Waals surface area contributed by atoms with Gasteiger partial charge in [0.2, 0.25) is 5.91 Å². The van der Waals surface area contributed by atoms with Gasteiger partial charge in [0.1, 0.15) is 6.61 Å². The Hall–Kier alpha value is -0.570. The average molecular weight is 279 g/mol. The molecule has 1 amide bonds. The molecule has 1 atom stereocenters. The van der Waals surface area contributed by atoms with E-state index in [0.29, 0.717) is 11.5 Å². The van der Waals surface area contributed by atoms with Crippen molar-refractivity contribution in [1.29, 1.82) is 0 Å². The molecule has 4 aliphatic carbocycles. The van der Waals surface area contributed by atoms with Crippen molar-refractivity contribution in [3.05, 3.63) is 0 Å². The Labute approximate surface area is 122 Å². The first kappa shape index (κ1) is 14.4. The van der Waals surface area contributed by atoms with Crippen LogP contribution in [0.3, 0.4) is 0 Å². The first-order valence-electron chi connectivity index (χ1n) is 8.38. The zero-order valence-corrected chi connectivity index (χ0v) is 13.2. The van der Waals surface area contributed by atoms with Gasteiger partial charge in [0.15, 0.2) is 0 Å². The quantitative estimate of drug-likeness (QED) is 0.839. The average Bonchev–Trinajstić information content (AvgIpc) is 2.34. The molecule has 0 aromatic carbocycles. The number of hydrogen-bond acceptors (Lipinski definition) is 2. The molecule has 1 unspecified atom stereocenters. The van der Waals surface area contributed by atoms with Gasteiger partial charge >= 0.3 is 0 Å². The van der Waals surface area contributed by atoms with Crippen molar-refractivity contribution in [3.63, 3.8) is 0 Å². The van der Waals surface area contributed by atoms with Gasteiger partial charge in [-0.15, -0.1) is 0 Å². The minimum absolute atomic E-state index is 0.0574. The van der Waals surface area contributed by atoms with Gasteiger partial charge in [0, 0.05) is 6.04 Å². The third-order valence-electron chi connectivity index (χ3n) is 5.93. The summed E-state index contributed by atoms with van der Waals surface area (Å²) in [7, 11) is 0. The molecule has 1 N–H and O–H groups in total. The van der Waals surface area contributed by atoms with Gasteiger partial charge in [-0.1, -0.05) is 0 Å². The fourth-order valence-electron chi connectivity index (χ4n) is 5.39. The fourth-order valence-corrected chi connectivity index (χ4v) is 5.39. The van der Waals surface area contributed by atoms with E-state index in [1.807, 2.05) is 13.8 Å². The lowest BCUT2D eigenvalue weighted by molar-refractivity contribution is -0.131. The molecule has 4 saturated carbocycles. The van der Waals surface area contributed by atoms with E-state index in [2.05, 4.69) is 12.2 Å². The van der Waals surface area contributed by atoms with E-state index in [9.17, 15) is 4.79 Å². The Morgan fingerprint density at radius 1 is 1.10 bits per heavy atom. The summed E-state index contributed by atoms with van der Waals surface area (Å²) in [5, 5.41) is 3.23. The van der Waals surface area contributed by atoms with Gasteiger partial charge in [-0.05, 0) is 82.5 Å². The standard InChI is InChI=1S/C17H29NO2/c1-11(2)20-10-16(19)18-12(3)17-7-13-4-14(8-17)6-15(5-13)9-17/h11-15H,4-10H2,1-3H3,(H,18,19). The van der Waals surface area contributed by atoms with E-state index in [0.717, 1.165) is 17.8 Å². The van der Waals surface area contributed by atoms with Crippen molar-refractivity contribution in [2.75, 3.05) is 6.61 Å². The maximum absolute atomic E-state index is 12.0. The Morgan fingerprint density at radius 2 is 1.60 bits per heavy atom. The van der Waals surface area contributed by atoms with Gasteiger partial charge in [0.25, 0.3) is 0 Å². The maximum atomic E-state index is 12.0. The van der Waals surface area contributed by atoms with Crippen LogP contribution in [-0.4, -0.2) is 24.7 Å². The summed E-state index contributed by atoms with van der Waals surface area (Å²) < 4.78 is 5.41. The van der Waals surface area contributed by atoms with Gasteiger partial charge in [0.05, 0.1) is 6.10 Å². The summed E-state index contributed by atoms with van der Waals surface area (Å²) in [6, 6.07) is 0.305. The molecule has 20 heavy (non-hydrogen) atoms. The van der Waals surface area contributed by atoms with E-state index in [1.165, 1.54) is 38.5 Å². The number of nitrogens with one attached hydrogen (secondary N) is 1. The summed E-state index contributed by atoms with van der Waals surface area (Å²) in [5.74, 6) is 2.87. The van der Waals surface area contributed by atoms with Crippen LogP contribution in [0.4, 0.5) is 0 Å². The van der Waals surface area contributed by atoms with Crippen molar-refractivity contribution < 1.29 is 9.53 Å². The highest BCUT2D eigenvalue weighted by Gasteiger charge is 2.53. The molecule has 0 spiro atoms. The maximum Gasteiger partial charge on any atom is 0.246 e. The first-order chi connectivity index (χ1) is 9.47. The summed E-state index contributed by atoms with van der Waals surface area (Å²) >= 11 is 0. The minimum Gasteiger partial charge on any atom is -0.369 e. The highest BCUT2D eigenvalue weighted by atomic mass is 16.5. The highest BCUT2D eigenvalue weighted by molar-refractivity contribution is 5.77. The minimum atomic E-state index is 0.0574. The van der Waals surface area contributed by atoms with Crippen molar-refractivity contribution in [3.8, 4) is 0 Å². The molecular weight excluding hydrogens is 250 g/mol. The molecule has 0 aliphatic heterocycles. The molecule has 0 saturated heterocycles. The Morgan fingerprint density at radius 3 is 2.05 bits per heavy atom. The molecular formula is C17H29NO2. The fraction of sp³-hybridized carbons (Fsp3) is 0.941.